The number of esters is 1. The number of nitrogen functional groups attached to an aromatic ring is 1. The summed E-state index contributed by atoms with van der Waals surface area (Å²) in [5, 5.41) is 0. The third-order valence-corrected chi connectivity index (χ3v) is 4.86. The summed E-state index contributed by atoms with van der Waals surface area (Å²) in [6.07, 6.45) is 0. The van der Waals surface area contributed by atoms with Crippen LogP contribution in [0.5, 0.6) is 0 Å². The number of halogens is 1. The second-order valence-electron chi connectivity index (χ2n) is 5.52. The fraction of sp³-hybridized carbons (Fsp3) is 0.278. The van der Waals surface area contributed by atoms with Crippen LogP contribution in [0.1, 0.15) is 29.9 Å². The highest BCUT2D eigenvalue weighted by molar-refractivity contribution is 9.10. The van der Waals surface area contributed by atoms with Gasteiger partial charge in [0.2, 0.25) is 0 Å². The van der Waals surface area contributed by atoms with Gasteiger partial charge in [0.05, 0.1) is 12.5 Å². The Morgan fingerprint density at radius 2 is 1.82 bits per heavy atom. The normalized spacial score (nSPS) is 23.1. The van der Waals surface area contributed by atoms with Crippen molar-refractivity contribution in [2.24, 2.45) is 5.92 Å². The molecule has 1 saturated carbocycles. The van der Waals surface area contributed by atoms with Gasteiger partial charge in [-0.1, -0.05) is 36.4 Å². The van der Waals surface area contributed by atoms with Crippen molar-refractivity contribution in [2.75, 3.05) is 12.3 Å². The molecule has 3 nitrogen and oxygen atoms in total. The zero-order chi connectivity index (χ0) is 15.7. The molecule has 0 saturated heterocycles. The predicted octanol–water partition coefficient (Wildman–Crippen LogP) is 4.09. The van der Waals surface area contributed by atoms with Crippen LogP contribution in [0.4, 0.5) is 5.69 Å². The third kappa shape index (κ3) is 2.75. The topological polar surface area (TPSA) is 52.3 Å². The average molecular weight is 360 g/mol. The maximum Gasteiger partial charge on any atom is 0.310 e. The molecule has 0 bridgehead atoms. The van der Waals surface area contributed by atoms with E-state index in [-0.39, 0.29) is 23.7 Å². The van der Waals surface area contributed by atoms with Gasteiger partial charge >= 0.3 is 5.97 Å². The Morgan fingerprint density at radius 1 is 1.14 bits per heavy atom. The average Bonchev–Trinajstić information content (AvgIpc) is 3.27. The van der Waals surface area contributed by atoms with E-state index < -0.39 is 0 Å². The fourth-order valence-corrected chi connectivity index (χ4v) is 3.49. The molecule has 2 aromatic rings. The molecule has 2 N–H and O–H groups in total. The molecular weight excluding hydrogens is 342 g/mol. The highest BCUT2D eigenvalue weighted by Crippen LogP contribution is 2.61. The Hall–Kier alpha value is -1.81. The molecule has 1 aliphatic rings. The van der Waals surface area contributed by atoms with Gasteiger partial charge in [-0.2, -0.15) is 0 Å². The zero-order valence-corrected chi connectivity index (χ0v) is 13.9. The van der Waals surface area contributed by atoms with Crippen molar-refractivity contribution < 1.29 is 9.53 Å². The Labute approximate surface area is 138 Å². The molecule has 3 atom stereocenters. The standard InChI is InChI=1S/C18H18BrNO2/c1-2-22-18(21)17-15(11-6-4-3-5-7-11)16(17)12-8-9-14(20)13(19)10-12/h3-10,15-17H,2,20H2,1H3. The van der Waals surface area contributed by atoms with E-state index in [0.717, 1.165) is 10.0 Å². The number of hydrogen-bond acceptors (Lipinski definition) is 3. The summed E-state index contributed by atoms with van der Waals surface area (Å²) in [7, 11) is 0. The van der Waals surface area contributed by atoms with Crippen LogP contribution in [0.15, 0.2) is 53.0 Å². The molecular formula is C18H18BrNO2. The van der Waals surface area contributed by atoms with Crippen molar-refractivity contribution in [2.45, 2.75) is 18.8 Å². The summed E-state index contributed by atoms with van der Waals surface area (Å²) >= 11 is 3.46. The number of benzene rings is 2. The highest BCUT2D eigenvalue weighted by Gasteiger charge is 2.57. The summed E-state index contributed by atoms with van der Waals surface area (Å²) in [5.41, 5.74) is 8.86. The fourth-order valence-electron chi connectivity index (χ4n) is 3.10. The molecule has 3 rings (SSSR count). The number of carbonyl (C=O) groups excluding carboxylic acids is 1. The molecule has 114 valence electrons. The number of nitrogens with two attached hydrogens (primary N) is 1. The molecule has 0 amide bonds. The maximum atomic E-state index is 12.3. The van der Waals surface area contributed by atoms with Gasteiger partial charge in [0.1, 0.15) is 0 Å². The van der Waals surface area contributed by atoms with E-state index in [2.05, 4.69) is 28.1 Å². The van der Waals surface area contributed by atoms with Gasteiger partial charge in [-0.15, -0.1) is 0 Å². The Balaban J connectivity index is 1.93. The van der Waals surface area contributed by atoms with Gasteiger partial charge in [-0.05, 0) is 46.1 Å². The van der Waals surface area contributed by atoms with Crippen LogP contribution in [0.25, 0.3) is 0 Å². The number of rotatable bonds is 4. The monoisotopic (exact) mass is 359 g/mol. The van der Waals surface area contributed by atoms with Crippen LogP contribution in [-0.4, -0.2) is 12.6 Å². The van der Waals surface area contributed by atoms with E-state index >= 15 is 0 Å². The zero-order valence-electron chi connectivity index (χ0n) is 12.3. The Kier molecular flexibility index (Phi) is 4.21. The number of hydrogen-bond donors (Lipinski definition) is 1. The van der Waals surface area contributed by atoms with Crippen molar-refractivity contribution in [3.8, 4) is 0 Å². The largest absolute Gasteiger partial charge is 0.466 e. The van der Waals surface area contributed by atoms with Gasteiger partial charge in [0, 0.05) is 22.0 Å². The smallest absolute Gasteiger partial charge is 0.310 e. The van der Waals surface area contributed by atoms with E-state index in [4.69, 9.17) is 10.5 Å². The first kappa shape index (κ1) is 15.1. The summed E-state index contributed by atoms with van der Waals surface area (Å²) in [4.78, 5) is 12.3. The van der Waals surface area contributed by atoms with E-state index in [1.54, 1.807) is 0 Å². The van der Waals surface area contributed by atoms with E-state index in [0.29, 0.717) is 12.3 Å². The lowest BCUT2D eigenvalue weighted by molar-refractivity contribution is -0.144. The lowest BCUT2D eigenvalue weighted by Crippen LogP contribution is -2.08. The SMILES string of the molecule is CCOC(=O)C1C(c2ccccc2)C1c1ccc(N)c(Br)c1. The van der Waals surface area contributed by atoms with E-state index in [9.17, 15) is 4.79 Å². The van der Waals surface area contributed by atoms with Gasteiger partial charge in [0.25, 0.3) is 0 Å². The lowest BCUT2D eigenvalue weighted by atomic mass is 10.0. The molecule has 0 radical (unpaired) electrons. The molecule has 0 aliphatic heterocycles. The minimum Gasteiger partial charge on any atom is -0.466 e. The Morgan fingerprint density at radius 3 is 2.45 bits per heavy atom. The Bertz CT molecular complexity index is 687. The summed E-state index contributed by atoms with van der Waals surface area (Å²) < 4.78 is 6.11. The van der Waals surface area contributed by atoms with Crippen molar-refractivity contribution in [3.05, 3.63) is 64.1 Å². The van der Waals surface area contributed by atoms with Crippen LogP contribution in [0.3, 0.4) is 0 Å². The maximum absolute atomic E-state index is 12.3. The summed E-state index contributed by atoms with van der Waals surface area (Å²) in [6.45, 7) is 2.25. The number of anilines is 1. The van der Waals surface area contributed by atoms with E-state index in [1.165, 1.54) is 5.56 Å². The first-order chi connectivity index (χ1) is 10.6. The summed E-state index contributed by atoms with van der Waals surface area (Å²) in [5.74, 6) is 0.0984. The van der Waals surface area contributed by atoms with Gasteiger partial charge in [-0.25, -0.2) is 0 Å². The van der Waals surface area contributed by atoms with Crippen molar-refractivity contribution in [1.29, 1.82) is 0 Å². The molecule has 2 aromatic carbocycles. The quantitative estimate of drug-likeness (QED) is 0.660. The first-order valence-electron chi connectivity index (χ1n) is 7.40. The van der Waals surface area contributed by atoms with Crippen LogP contribution in [0, 0.1) is 5.92 Å². The van der Waals surface area contributed by atoms with Crippen molar-refractivity contribution >= 4 is 27.6 Å². The van der Waals surface area contributed by atoms with Crippen LogP contribution >= 0.6 is 15.9 Å². The lowest BCUT2D eigenvalue weighted by Gasteiger charge is -2.04. The highest BCUT2D eigenvalue weighted by atomic mass is 79.9. The van der Waals surface area contributed by atoms with Crippen LogP contribution in [0.2, 0.25) is 0 Å². The van der Waals surface area contributed by atoms with Gasteiger partial charge in [0.15, 0.2) is 0 Å². The summed E-state index contributed by atoms with van der Waals surface area (Å²) in [6, 6.07) is 16.0. The van der Waals surface area contributed by atoms with Gasteiger partial charge < -0.3 is 10.5 Å². The molecule has 1 fully saturated rings. The molecule has 0 spiro atoms. The van der Waals surface area contributed by atoms with Crippen LogP contribution in [-0.2, 0) is 9.53 Å². The first-order valence-corrected chi connectivity index (χ1v) is 8.19. The molecule has 0 aromatic heterocycles. The minimum atomic E-state index is -0.116. The van der Waals surface area contributed by atoms with Crippen LogP contribution < -0.4 is 5.73 Å². The second-order valence-corrected chi connectivity index (χ2v) is 6.38. The number of carbonyl (C=O) groups is 1. The number of ether oxygens (including phenoxy) is 1. The van der Waals surface area contributed by atoms with E-state index in [1.807, 2.05) is 43.3 Å². The molecule has 0 heterocycles. The predicted molar refractivity (Wildman–Crippen MR) is 90.6 cm³/mol. The molecule has 1 aliphatic carbocycles. The van der Waals surface area contributed by atoms with Crippen molar-refractivity contribution in [1.82, 2.24) is 0 Å². The molecule has 4 heteroatoms. The second kappa shape index (κ2) is 6.13. The van der Waals surface area contributed by atoms with Crippen molar-refractivity contribution in [3.63, 3.8) is 0 Å². The van der Waals surface area contributed by atoms with Gasteiger partial charge in [-0.3, -0.25) is 4.79 Å². The minimum absolute atomic E-state index is 0.113. The molecule has 3 unspecified atom stereocenters. The molecule has 22 heavy (non-hydrogen) atoms. The third-order valence-electron chi connectivity index (χ3n) is 4.17.